The second-order valence-electron chi connectivity index (χ2n) is 6.53. The molecule has 2 rings (SSSR count). The van der Waals surface area contributed by atoms with Gasteiger partial charge in [0.25, 0.3) is 0 Å². The zero-order chi connectivity index (χ0) is 12.1. The minimum Gasteiger partial charge on any atom is -0.316 e. The van der Waals surface area contributed by atoms with Crippen molar-refractivity contribution in [3.8, 4) is 0 Å². The van der Waals surface area contributed by atoms with Crippen LogP contribution in [0.4, 0.5) is 0 Å². The summed E-state index contributed by atoms with van der Waals surface area (Å²) >= 11 is 0. The first-order chi connectivity index (χ1) is 8.30. The average Bonchev–Trinajstić information content (AvgIpc) is 2.93. The third-order valence-electron chi connectivity index (χ3n) is 5.36. The van der Waals surface area contributed by atoms with Crippen molar-refractivity contribution in [2.75, 3.05) is 13.1 Å². The molecule has 0 radical (unpaired) electrons. The molecule has 3 unspecified atom stereocenters. The molecule has 2 fully saturated rings. The molecule has 0 spiro atoms. The Kier molecular flexibility index (Phi) is 4.90. The molecule has 2 saturated carbocycles. The van der Waals surface area contributed by atoms with Crippen LogP contribution in [0, 0.1) is 17.3 Å². The third-order valence-corrected chi connectivity index (χ3v) is 5.36. The summed E-state index contributed by atoms with van der Waals surface area (Å²) in [5, 5.41) is 3.66. The quantitative estimate of drug-likeness (QED) is 0.618. The number of rotatable bonds is 8. The minimum absolute atomic E-state index is 0.701. The molecule has 1 nitrogen and oxygen atoms in total. The Morgan fingerprint density at radius 3 is 2.59 bits per heavy atom. The normalized spacial score (nSPS) is 35.6. The van der Waals surface area contributed by atoms with Crippen LogP contribution in [0.15, 0.2) is 0 Å². The molecule has 0 aromatic rings. The molecule has 0 aromatic carbocycles. The standard InChI is InChI=1S/C16H31N/c1-3-5-6-7-10-16(13-17-4-2)12-14-8-9-15(16)11-14/h14-15,17H,3-13H2,1-2H3. The van der Waals surface area contributed by atoms with Crippen LogP contribution in [0.25, 0.3) is 0 Å². The van der Waals surface area contributed by atoms with Crippen molar-refractivity contribution in [3.63, 3.8) is 0 Å². The number of nitrogens with one attached hydrogen (secondary N) is 1. The lowest BCUT2D eigenvalue weighted by Gasteiger charge is -2.38. The maximum atomic E-state index is 3.66. The molecule has 0 aliphatic heterocycles. The van der Waals surface area contributed by atoms with Crippen LogP contribution in [0.2, 0.25) is 0 Å². The Balaban J connectivity index is 1.84. The monoisotopic (exact) mass is 237 g/mol. The first-order valence-electron chi connectivity index (χ1n) is 8.01. The van der Waals surface area contributed by atoms with Gasteiger partial charge in [-0.25, -0.2) is 0 Å². The van der Waals surface area contributed by atoms with E-state index in [9.17, 15) is 0 Å². The number of hydrogen-bond acceptors (Lipinski definition) is 1. The zero-order valence-corrected chi connectivity index (χ0v) is 11.9. The Hall–Kier alpha value is -0.0400. The lowest BCUT2D eigenvalue weighted by atomic mass is 9.69. The first kappa shape index (κ1) is 13.4. The van der Waals surface area contributed by atoms with Crippen molar-refractivity contribution in [2.24, 2.45) is 17.3 Å². The molecule has 17 heavy (non-hydrogen) atoms. The predicted octanol–water partition coefficient (Wildman–Crippen LogP) is 4.37. The number of unbranched alkanes of at least 4 members (excludes halogenated alkanes) is 3. The van der Waals surface area contributed by atoms with Gasteiger partial charge in [-0.15, -0.1) is 0 Å². The highest BCUT2D eigenvalue weighted by Gasteiger charge is 2.49. The van der Waals surface area contributed by atoms with Gasteiger partial charge in [-0.1, -0.05) is 46.0 Å². The van der Waals surface area contributed by atoms with E-state index in [0.717, 1.165) is 18.4 Å². The molecule has 0 amide bonds. The third kappa shape index (κ3) is 3.05. The lowest BCUT2D eigenvalue weighted by molar-refractivity contribution is 0.139. The van der Waals surface area contributed by atoms with Crippen LogP contribution in [0.5, 0.6) is 0 Å². The highest BCUT2D eigenvalue weighted by atomic mass is 14.9. The highest BCUT2D eigenvalue weighted by Crippen LogP contribution is 2.57. The van der Waals surface area contributed by atoms with Crippen molar-refractivity contribution in [1.82, 2.24) is 5.32 Å². The second kappa shape index (κ2) is 6.22. The Morgan fingerprint density at radius 2 is 2.00 bits per heavy atom. The van der Waals surface area contributed by atoms with Crippen molar-refractivity contribution >= 4 is 0 Å². The molecule has 100 valence electrons. The number of fused-ring (bicyclic) bond motifs is 2. The minimum atomic E-state index is 0.701. The maximum Gasteiger partial charge on any atom is 0.00105 e. The summed E-state index contributed by atoms with van der Waals surface area (Å²) in [6, 6.07) is 0. The second-order valence-corrected chi connectivity index (χ2v) is 6.53. The van der Waals surface area contributed by atoms with Crippen LogP contribution in [0.3, 0.4) is 0 Å². The van der Waals surface area contributed by atoms with E-state index >= 15 is 0 Å². The molecule has 0 heterocycles. The van der Waals surface area contributed by atoms with Crippen LogP contribution < -0.4 is 5.32 Å². The highest BCUT2D eigenvalue weighted by molar-refractivity contribution is 5.01. The molecule has 1 heteroatoms. The molecular weight excluding hydrogens is 206 g/mol. The van der Waals surface area contributed by atoms with E-state index in [1.165, 1.54) is 57.9 Å². The molecule has 2 aliphatic rings. The van der Waals surface area contributed by atoms with E-state index in [-0.39, 0.29) is 0 Å². The molecule has 2 aliphatic carbocycles. The van der Waals surface area contributed by atoms with Gasteiger partial charge in [0.05, 0.1) is 0 Å². The summed E-state index contributed by atoms with van der Waals surface area (Å²) < 4.78 is 0. The lowest BCUT2D eigenvalue weighted by Crippen LogP contribution is -2.38. The van der Waals surface area contributed by atoms with Crippen LogP contribution >= 0.6 is 0 Å². The van der Waals surface area contributed by atoms with Crippen LogP contribution in [-0.2, 0) is 0 Å². The van der Waals surface area contributed by atoms with E-state index in [1.807, 2.05) is 0 Å². The smallest absolute Gasteiger partial charge is 0.00105 e. The van der Waals surface area contributed by atoms with Gasteiger partial charge in [0.1, 0.15) is 0 Å². The number of hydrogen-bond donors (Lipinski definition) is 1. The van der Waals surface area contributed by atoms with Gasteiger partial charge in [-0.3, -0.25) is 0 Å². The summed E-state index contributed by atoms with van der Waals surface area (Å²) in [7, 11) is 0. The first-order valence-corrected chi connectivity index (χ1v) is 8.01. The Labute approximate surface area is 108 Å². The van der Waals surface area contributed by atoms with Gasteiger partial charge in [-0.2, -0.15) is 0 Å². The summed E-state index contributed by atoms with van der Waals surface area (Å²) in [6.07, 6.45) is 13.4. The molecule has 0 aromatic heterocycles. The molecule has 3 atom stereocenters. The van der Waals surface area contributed by atoms with Gasteiger partial charge in [0.15, 0.2) is 0 Å². The fourth-order valence-corrected chi connectivity index (χ4v) is 4.45. The van der Waals surface area contributed by atoms with E-state index in [4.69, 9.17) is 0 Å². The van der Waals surface area contributed by atoms with E-state index < -0.39 is 0 Å². The molecule has 2 bridgehead atoms. The van der Waals surface area contributed by atoms with Crippen LogP contribution in [0.1, 0.15) is 71.6 Å². The van der Waals surface area contributed by atoms with E-state index in [0.29, 0.717) is 5.41 Å². The summed E-state index contributed by atoms with van der Waals surface area (Å²) in [5.41, 5.74) is 0.701. The predicted molar refractivity (Wildman–Crippen MR) is 75.2 cm³/mol. The van der Waals surface area contributed by atoms with Gasteiger partial charge in [0, 0.05) is 6.54 Å². The van der Waals surface area contributed by atoms with Gasteiger partial charge in [0.2, 0.25) is 0 Å². The van der Waals surface area contributed by atoms with Crippen molar-refractivity contribution in [1.29, 1.82) is 0 Å². The van der Waals surface area contributed by atoms with Crippen molar-refractivity contribution in [3.05, 3.63) is 0 Å². The topological polar surface area (TPSA) is 12.0 Å². The molecule has 0 saturated heterocycles. The van der Waals surface area contributed by atoms with Crippen molar-refractivity contribution in [2.45, 2.75) is 71.6 Å². The van der Waals surface area contributed by atoms with Gasteiger partial charge >= 0.3 is 0 Å². The summed E-state index contributed by atoms with van der Waals surface area (Å²) in [6.45, 7) is 7.01. The zero-order valence-electron chi connectivity index (χ0n) is 11.9. The largest absolute Gasteiger partial charge is 0.316 e. The maximum absolute atomic E-state index is 3.66. The Bertz CT molecular complexity index is 226. The van der Waals surface area contributed by atoms with E-state index in [2.05, 4.69) is 19.2 Å². The molecular formula is C16H31N. The summed E-state index contributed by atoms with van der Waals surface area (Å²) in [4.78, 5) is 0. The molecule has 1 N–H and O–H groups in total. The fourth-order valence-electron chi connectivity index (χ4n) is 4.45. The average molecular weight is 237 g/mol. The van der Waals surface area contributed by atoms with E-state index in [1.54, 1.807) is 6.42 Å². The SMILES string of the molecule is CCCCCCC1(CNCC)CC2CCC1C2. The summed E-state index contributed by atoms with van der Waals surface area (Å²) in [5.74, 6) is 2.15. The Morgan fingerprint density at radius 1 is 1.12 bits per heavy atom. The fraction of sp³-hybridized carbons (Fsp3) is 1.00. The van der Waals surface area contributed by atoms with Crippen LogP contribution in [-0.4, -0.2) is 13.1 Å². The van der Waals surface area contributed by atoms with Gasteiger partial charge < -0.3 is 5.32 Å². The van der Waals surface area contributed by atoms with Crippen molar-refractivity contribution < 1.29 is 0 Å². The van der Waals surface area contributed by atoms with Gasteiger partial charge in [-0.05, 0) is 49.5 Å².